The lowest BCUT2D eigenvalue weighted by atomic mass is 9.87. The fourth-order valence-corrected chi connectivity index (χ4v) is 4.44. The van der Waals surface area contributed by atoms with Crippen LogP contribution in [0.2, 0.25) is 0 Å². The standard InChI is InChI=1S/C11H19N3S2/c1-3-12-9-5-4-8(2)6-10(9)15-11-13-7-14-16-11/h7-10,12H,3-6H2,1-2H3. The highest BCUT2D eigenvalue weighted by Crippen LogP contribution is 2.36. The van der Waals surface area contributed by atoms with E-state index in [0.717, 1.165) is 16.8 Å². The number of nitrogens with zero attached hydrogens (tertiary/aromatic N) is 2. The zero-order valence-corrected chi connectivity index (χ0v) is 11.5. The molecule has 3 atom stereocenters. The Labute approximate surface area is 106 Å². The Balaban J connectivity index is 1.96. The highest BCUT2D eigenvalue weighted by atomic mass is 32.2. The van der Waals surface area contributed by atoms with Crippen molar-refractivity contribution in [1.29, 1.82) is 0 Å². The molecule has 1 aliphatic rings. The van der Waals surface area contributed by atoms with Gasteiger partial charge in [0, 0.05) is 11.3 Å². The van der Waals surface area contributed by atoms with Crippen molar-refractivity contribution < 1.29 is 0 Å². The van der Waals surface area contributed by atoms with Gasteiger partial charge in [0.05, 0.1) is 0 Å². The van der Waals surface area contributed by atoms with Crippen molar-refractivity contribution in [3.8, 4) is 0 Å². The highest BCUT2D eigenvalue weighted by Gasteiger charge is 2.29. The minimum atomic E-state index is 0.648. The van der Waals surface area contributed by atoms with Gasteiger partial charge >= 0.3 is 0 Å². The van der Waals surface area contributed by atoms with Crippen molar-refractivity contribution in [3.05, 3.63) is 6.33 Å². The van der Waals surface area contributed by atoms with Crippen LogP contribution in [0.15, 0.2) is 10.7 Å². The fraction of sp³-hybridized carbons (Fsp3) is 0.818. The lowest BCUT2D eigenvalue weighted by molar-refractivity contribution is 0.320. The van der Waals surface area contributed by atoms with E-state index in [0.29, 0.717) is 11.3 Å². The molecule has 1 N–H and O–H groups in total. The predicted octanol–water partition coefficient (Wildman–Crippen LogP) is 2.80. The highest BCUT2D eigenvalue weighted by molar-refractivity contribution is 8.01. The maximum absolute atomic E-state index is 4.27. The van der Waals surface area contributed by atoms with Gasteiger partial charge in [-0.25, -0.2) is 4.98 Å². The van der Waals surface area contributed by atoms with Gasteiger partial charge < -0.3 is 5.32 Å². The summed E-state index contributed by atoms with van der Waals surface area (Å²) in [6.45, 7) is 5.60. The molecule has 1 aromatic heterocycles. The normalized spacial score (nSPS) is 30.5. The molecule has 1 fully saturated rings. The van der Waals surface area contributed by atoms with Crippen LogP contribution in [0.25, 0.3) is 0 Å². The van der Waals surface area contributed by atoms with Crippen molar-refractivity contribution in [1.82, 2.24) is 14.7 Å². The van der Waals surface area contributed by atoms with Gasteiger partial charge in [-0.3, -0.25) is 0 Å². The summed E-state index contributed by atoms with van der Waals surface area (Å²) in [6.07, 6.45) is 5.60. The Morgan fingerprint density at radius 2 is 2.44 bits per heavy atom. The van der Waals surface area contributed by atoms with E-state index in [4.69, 9.17) is 0 Å². The van der Waals surface area contributed by atoms with E-state index < -0.39 is 0 Å². The first-order valence-corrected chi connectivity index (χ1v) is 7.61. The Morgan fingerprint density at radius 3 is 3.12 bits per heavy atom. The van der Waals surface area contributed by atoms with Gasteiger partial charge in [0.1, 0.15) is 6.33 Å². The van der Waals surface area contributed by atoms with Gasteiger partial charge in [-0.2, -0.15) is 4.37 Å². The third kappa shape index (κ3) is 3.18. The van der Waals surface area contributed by atoms with Crippen LogP contribution in [0.4, 0.5) is 0 Å². The number of rotatable bonds is 4. The van der Waals surface area contributed by atoms with Crippen LogP contribution in [0, 0.1) is 5.92 Å². The summed E-state index contributed by atoms with van der Waals surface area (Å²) in [5.74, 6) is 0.848. The molecule has 0 saturated heterocycles. The van der Waals surface area contributed by atoms with E-state index in [1.54, 1.807) is 6.33 Å². The van der Waals surface area contributed by atoms with E-state index in [1.165, 1.54) is 30.8 Å². The number of aromatic nitrogens is 2. The second kappa shape index (κ2) is 5.98. The molecule has 3 unspecified atom stereocenters. The molecule has 90 valence electrons. The quantitative estimate of drug-likeness (QED) is 0.900. The lowest BCUT2D eigenvalue weighted by Crippen LogP contribution is -2.42. The molecule has 0 aliphatic heterocycles. The zero-order valence-electron chi connectivity index (χ0n) is 9.85. The SMILES string of the molecule is CCNC1CCC(C)CC1Sc1ncns1. The van der Waals surface area contributed by atoms with Crippen LogP contribution >= 0.6 is 23.3 Å². The van der Waals surface area contributed by atoms with E-state index >= 15 is 0 Å². The summed E-state index contributed by atoms with van der Waals surface area (Å²) in [5, 5.41) is 4.27. The van der Waals surface area contributed by atoms with Crippen molar-refractivity contribution in [2.75, 3.05) is 6.54 Å². The molecule has 3 nitrogen and oxygen atoms in total. The third-order valence-corrected chi connectivity index (χ3v) is 5.22. The van der Waals surface area contributed by atoms with Crippen LogP contribution in [-0.4, -0.2) is 27.2 Å². The molecule has 0 spiro atoms. The van der Waals surface area contributed by atoms with Crippen molar-refractivity contribution in [2.24, 2.45) is 5.92 Å². The van der Waals surface area contributed by atoms with Crippen LogP contribution < -0.4 is 5.32 Å². The van der Waals surface area contributed by atoms with Gasteiger partial charge in [0.2, 0.25) is 0 Å². The van der Waals surface area contributed by atoms with Crippen molar-refractivity contribution >= 4 is 23.3 Å². The molecular weight excluding hydrogens is 238 g/mol. The van der Waals surface area contributed by atoms with E-state index in [2.05, 4.69) is 28.5 Å². The average molecular weight is 257 g/mol. The molecule has 0 aromatic carbocycles. The van der Waals surface area contributed by atoms with Crippen LogP contribution in [-0.2, 0) is 0 Å². The number of hydrogen-bond donors (Lipinski definition) is 1. The molecule has 1 heterocycles. The molecule has 2 rings (SSSR count). The molecule has 1 aromatic rings. The Kier molecular flexibility index (Phi) is 4.61. The first-order valence-electron chi connectivity index (χ1n) is 5.96. The van der Waals surface area contributed by atoms with Crippen LogP contribution in [0.3, 0.4) is 0 Å². The largest absolute Gasteiger partial charge is 0.313 e. The summed E-state index contributed by atoms with van der Waals surface area (Å²) in [7, 11) is 0. The van der Waals surface area contributed by atoms with Gasteiger partial charge in [-0.05, 0) is 43.3 Å². The first kappa shape index (κ1) is 12.3. The number of thioether (sulfide) groups is 1. The Hall–Kier alpha value is -0.130. The molecule has 1 aliphatic carbocycles. The monoisotopic (exact) mass is 257 g/mol. The van der Waals surface area contributed by atoms with Crippen LogP contribution in [0.5, 0.6) is 0 Å². The Bertz CT molecular complexity index is 302. The van der Waals surface area contributed by atoms with E-state index in [1.807, 2.05) is 11.8 Å². The third-order valence-electron chi connectivity index (χ3n) is 3.11. The molecule has 16 heavy (non-hydrogen) atoms. The Morgan fingerprint density at radius 1 is 1.56 bits per heavy atom. The van der Waals surface area contributed by atoms with Gasteiger partial charge in [-0.15, -0.1) is 0 Å². The summed E-state index contributed by atoms with van der Waals surface area (Å²) < 4.78 is 5.18. The molecule has 0 amide bonds. The minimum absolute atomic E-state index is 0.648. The average Bonchev–Trinajstić information content (AvgIpc) is 2.75. The molecule has 0 bridgehead atoms. The maximum atomic E-state index is 4.27. The summed E-state index contributed by atoms with van der Waals surface area (Å²) in [5.41, 5.74) is 0. The first-order chi connectivity index (χ1) is 7.79. The van der Waals surface area contributed by atoms with Gasteiger partial charge in [-0.1, -0.05) is 25.6 Å². The lowest BCUT2D eigenvalue weighted by Gasteiger charge is -2.34. The smallest absolute Gasteiger partial charge is 0.170 e. The molecule has 0 radical (unpaired) electrons. The summed E-state index contributed by atoms with van der Waals surface area (Å²) in [6, 6.07) is 0.648. The molecule has 5 heteroatoms. The number of hydrogen-bond acceptors (Lipinski definition) is 5. The fourth-order valence-electron chi connectivity index (χ4n) is 2.30. The molecular formula is C11H19N3S2. The van der Waals surface area contributed by atoms with Crippen molar-refractivity contribution in [3.63, 3.8) is 0 Å². The van der Waals surface area contributed by atoms with Crippen molar-refractivity contribution in [2.45, 2.75) is 48.7 Å². The zero-order chi connectivity index (χ0) is 11.4. The maximum Gasteiger partial charge on any atom is 0.170 e. The second-order valence-corrected chi connectivity index (χ2v) is 6.71. The topological polar surface area (TPSA) is 37.8 Å². The van der Waals surface area contributed by atoms with E-state index in [-0.39, 0.29) is 0 Å². The van der Waals surface area contributed by atoms with Crippen LogP contribution in [0.1, 0.15) is 33.1 Å². The number of nitrogens with one attached hydrogen (secondary N) is 1. The molecule has 1 saturated carbocycles. The minimum Gasteiger partial charge on any atom is -0.313 e. The van der Waals surface area contributed by atoms with Gasteiger partial charge in [0.15, 0.2) is 4.34 Å². The predicted molar refractivity (Wildman–Crippen MR) is 70.0 cm³/mol. The summed E-state index contributed by atoms with van der Waals surface area (Å²) in [4.78, 5) is 4.27. The second-order valence-electron chi connectivity index (χ2n) is 4.45. The van der Waals surface area contributed by atoms with E-state index in [9.17, 15) is 0 Å². The van der Waals surface area contributed by atoms with Gasteiger partial charge in [0.25, 0.3) is 0 Å². The summed E-state index contributed by atoms with van der Waals surface area (Å²) >= 11 is 3.42.